The number of carbonyl (C=O) groups is 1. The van der Waals surface area contributed by atoms with Crippen molar-refractivity contribution in [1.29, 1.82) is 0 Å². The minimum absolute atomic E-state index is 0.205. The number of sulfonamides is 1. The fourth-order valence-electron chi connectivity index (χ4n) is 3.55. The Morgan fingerprint density at radius 3 is 2.38 bits per heavy atom. The SMILES string of the molecule is Cc1cc(C(=O)N2CCN(S(=O)(=O)c3ccccc3)CC2)c2ccc(F)cc2n1. The molecule has 0 spiro atoms. The molecule has 0 unspecified atom stereocenters. The number of carbonyl (C=O) groups excluding carboxylic acids is 1. The van der Waals surface area contributed by atoms with Crippen molar-refractivity contribution in [2.75, 3.05) is 26.2 Å². The third-order valence-electron chi connectivity index (χ3n) is 5.04. The van der Waals surface area contributed by atoms with Crippen molar-refractivity contribution in [2.24, 2.45) is 0 Å². The van der Waals surface area contributed by atoms with Gasteiger partial charge < -0.3 is 4.90 Å². The van der Waals surface area contributed by atoms with Gasteiger partial charge in [-0.1, -0.05) is 18.2 Å². The van der Waals surface area contributed by atoms with E-state index >= 15 is 0 Å². The number of aryl methyl sites for hydroxylation is 1. The highest BCUT2D eigenvalue weighted by Gasteiger charge is 2.30. The van der Waals surface area contributed by atoms with Gasteiger partial charge >= 0.3 is 0 Å². The summed E-state index contributed by atoms with van der Waals surface area (Å²) in [6.07, 6.45) is 0. The number of nitrogens with zero attached hydrogens (tertiary/aromatic N) is 3. The van der Waals surface area contributed by atoms with E-state index in [9.17, 15) is 17.6 Å². The summed E-state index contributed by atoms with van der Waals surface area (Å²) in [6.45, 7) is 2.77. The van der Waals surface area contributed by atoms with Gasteiger partial charge in [0.05, 0.1) is 16.0 Å². The van der Waals surface area contributed by atoms with Crippen LogP contribution in [0, 0.1) is 12.7 Å². The summed E-state index contributed by atoms with van der Waals surface area (Å²) in [4.78, 5) is 19.3. The monoisotopic (exact) mass is 413 g/mol. The quantitative estimate of drug-likeness (QED) is 0.662. The van der Waals surface area contributed by atoms with Crippen LogP contribution >= 0.6 is 0 Å². The Balaban J connectivity index is 1.55. The number of piperazine rings is 1. The van der Waals surface area contributed by atoms with Crippen LogP contribution in [-0.4, -0.2) is 54.7 Å². The summed E-state index contributed by atoms with van der Waals surface area (Å²) in [5.74, 6) is -0.613. The second-order valence-electron chi connectivity index (χ2n) is 6.98. The normalized spacial score (nSPS) is 15.6. The van der Waals surface area contributed by atoms with Gasteiger partial charge in [-0.25, -0.2) is 12.8 Å². The van der Waals surface area contributed by atoms with E-state index in [-0.39, 0.29) is 37.0 Å². The maximum absolute atomic E-state index is 13.6. The Kier molecular flexibility index (Phi) is 5.06. The molecule has 8 heteroatoms. The van der Waals surface area contributed by atoms with Gasteiger partial charge in [-0.05, 0) is 37.3 Å². The second-order valence-corrected chi connectivity index (χ2v) is 8.92. The predicted octanol–water partition coefficient (Wildman–Crippen LogP) is 2.83. The average molecular weight is 413 g/mol. The first-order valence-electron chi connectivity index (χ1n) is 9.27. The van der Waals surface area contributed by atoms with Gasteiger partial charge in [0.15, 0.2) is 0 Å². The molecule has 1 aliphatic heterocycles. The number of amides is 1. The van der Waals surface area contributed by atoms with E-state index in [2.05, 4.69) is 4.98 Å². The maximum atomic E-state index is 13.6. The number of benzene rings is 2. The summed E-state index contributed by atoms with van der Waals surface area (Å²) in [5.41, 5.74) is 1.50. The molecular formula is C21H20FN3O3S. The van der Waals surface area contributed by atoms with Gasteiger partial charge in [0, 0.05) is 43.3 Å². The number of aromatic nitrogens is 1. The molecule has 1 saturated heterocycles. The van der Waals surface area contributed by atoms with Crippen molar-refractivity contribution in [3.05, 3.63) is 71.7 Å². The predicted molar refractivity (Wildman–Crippen MR) is 108 cm³/mol. The highest BCUT2D eigenvalue weighted by molar-refractivity contribution is 7.89. The van der Waals surface area contributed by atoms with Crippen molar-refractivity contribution in [1.82, 2.24) is 14.2 Å². The largest absolute Gasteiger partial charge is 0.336 e. The topological polar surface area (TPSA) is 70.6 Å². The lowest BCUT2D eigenvalue weighted by molar-refractivity contribution is 0.0699. The Morgan fingerprint density at radius 2 is 1.69 bits per heavy atom. The van der Waals surface area contributed by atoms with E-state index in [0.717, 1.165) is 0 Å². The molecule has 0 bridgehead atoms. The van der Waals surface area contributed by atoms with Crippen LogP contribution in [0.4, 0.5) is 4.39 Å². The van der Waals surface area contributed by atoms with Crippen molar-refractivity contribution >= 4 is 26.8 Å². The second kappa shape index (κ2) is 7.53. The fourth-order valence-corrected chi connectivity index (χ4v) is 5.00. The van der Waals surface area contributed by atoms with Crippen molar-refractivity contribution in [3.8, 4) is 0 Å². The van der Waals surface area contributed by atoms with Crippen molar-refractivity contribution < 1.29 is 17.6 Å². The lowest BCUT2D eigenvalue weighted by Crippen LogP contribution is -2.50. The first-order chi connectivity index (χ1) is 13.9. The van der Waals surface area contributed by atoms with Crippen LogP contribution in [0.2, 0.25) is 0 Å². The average Bonchev–Trinajstić information content (AvgIpc) is 2.73. The Morgan fingerprint density at radius 1 is 1.00 bits per heavy atom. The van der Waals surface area contributed by atoms with Crippen LogP contribution in [-0.2, 0) is 10.0 Å². The number of fused-ring (bicyclic) bond motifs is 1. The Bertz CT molecular complexity index is 1170. The molecule has 0 aliphatic carbocycles. The molecule has 2 aromatic carbocycles. The molecule has 0 atom stereocenters. The Labute approximate surface area is 168 Å². The van der Waals surface area contributed by atoms with Crippen LogP contribution in [0.15, 0.2) is 59.5 Å². The van der Waals surface area contributed by atoms with E-state index < -0.39 is 15.8 Å². The molecular weight excluding hydrogens is 393 g/mol. The highest BCUT2D eigenvalue weighted by atomic mass is 32.2. The lowest BCUT2D eigenvalue weighted by Gasteiger charge is -2.34. The fraction of sp³-hybridized carbons (Fsp3) is 0.238. The van der Waals surface area contributed by atoms with E-state index in [1.807, 2.05) is 0 Å². The van der Waals surface area contributed by atoms with Crippen molar-refractivity contribution in [2.45, 2.75) is 11.8 Å². The number of halogens is 1. The first-order valence-corrected chi connectivity index (χ1v) is 10.7. The lowest BCUT2D eigenvalue weighted by atomic mass is 10.1. The third-order valence-corrected chi connectivity index (χ3v) is 6.95. The van der Waals surface area contributed by atoms with Crippen LogP contribution in [0.1, 0.15) is 16.1 Å². The van der Waals surface area contributed by atoms with Gasteiger partial charge in [-0.15, -0.1) is 0 Å². The summed E-state index contributed by atoms with van der Waals surface area (Å²) >= 11 is 0. The molecule has 3 aromatic rings. The minimum Gasteiger partial charge on any atom is -0.336 e. The zero-order valence-electron chi connectivity index (χ0n) is 15.9. The molecule has 4 rings (SSSR count). The molecule has 1 aromatic heterocycles. The first kappa shape index (κ1) is 19.5. The molecule has 1 aliphatic rings. The number of rotatable bonds is 3. The Hall–Kier alpha value is -2.84. The van der Waals surface area contributed by atoms with Gasteiger partial charge in [0.2, 0.25) is 10.0 Å². The standard InChI is InChI=1S/C21H20FN3O3S/c1-15-13-19(18-8-7-16(22)14-20(18)23-15)21(26)24-9-11-25(12-10-24)29(27,28)17-5-3-2-4-6-17/h2-8,13-14H,9-12H2,1H3. The van der Waals surface area contributed by atoms with Crippen molar-refractivity contribution in [3.63, 3.8) is 0 Å². The van der Waals surface area contributed by atoms with Crippen LogP contribution in [0.5, 0.6) is 0 Å². The van der Waals surface area contributed by atoms with Crippen LogP contribution < -0.4 is 0 Å². The molecule has 0 N–H and O–H groups in total. The molecule has 0 saturated carbocycles. The maximum Gasteiger partial charge on any atom is 0.254 e. The summed E-state index contributed by atoms with van der Waals surface area (Å²) in [6, 6.07) is 14.1. The van der Waals surface area contributed by atoms with Gasteiger partial charge in [0.1, 0.15) is 5.82 Å². The van der Waals surface area contributed by atoms with E-state index in [0.29, 0.717) is 22.2 Å². The smallest absolute Gasteiger partial charge is 0.254 e. The van der Waals surface area contributed by atoms with Gasteiger partial charge in [-0.3, -0.25) is 9.78 Å². The van der Waals surface area contributed by atoms with E-state index in [4.69, 9.17) is 0 Å². The van der Waals surface area contributed by atoms with E-state index in [1.54, 1.807) is 54.3 Å². The van der Waals surface area contributed by atoms with Gasteiger partial charge in [-0.2, -0.15) is 4.31 Å². The molecule has 150 valence electrons. The molecule has 2 heterocycles. The van der Waals surface area contributed by atoms with Crippen LogP contribution in [0.3, 0.4) is 0 Å². The number of hydrogen-bond acceptors (Lipinski definition) is 4. The zero-order valence-corrected chi connectivity index (χ0v) is 16.7. The minimum atomic E-state index is -3.58. The summed E-state index contributed by atoms with van der Waals surface area (Å²) < 4.78 is 40.5. The molecule has 1 amide bonds. The summed E-state index contributed by atoms with van der Waals surface area (Å²) in [7, 11) is -3.58. The molecule has 6 nitrogen and oxygen atoms in total. The third kappa shape index (κ3) is 3.73. The zero-order chi connectivity index (χ0) is 20.6. The van der Waals surface area contributed by atoms with E-state index in [1.165, 1.54) is 16.4 Å². The molecule has 0 radical (unpaired) electrons. The molecule has 29 heavy (non-hydrogen) atoms. The molecule has 1 fully saturated rings. The van der Waals surface area contributed by atoms with Crippen LogP contribution in [0.25, 0.3) is 10.9 Å². The van der Waals surface area contributed by atoms with Gasteiger partial charge in [0.25, 0.3) is 5.91 Å². The number of hydrogen-bond donors (Lipinski definition) is 0. The number of pyridine rings is 1. The highest BCUT2D eigenvalue weighted by Crippen LogP contribution is 2.23. The summed E-state index contributed by atoms with van der Waals surface area (Å²) in [5, 5.41) is 0.585.